The van der Waals surface area contributed by atoms with Crippen molar-refractivity contribution >= 4 is 11.8 Å². The molecule has 2 rings (SSSR count). The van der Waals surface area contributed by atoms with E-state index in [9.17, 15) is 9.59 Å². The minimum Gasteiger partial charge on any atom is -0.378 e. The topological polar surface area (TPSA) is 61.9 Å². The Morgan fingerprint density at radius 3 is 2.68 bits per heavy atom. The number of carbonyl (C=O) groups excluding carboxylic acids is 2. The first kappa shape index (κ1) is 14.3. The van der Waals surface area contributed by atoms with Crippen LogP contribution in [0, 0.1) is 5.92 Å². The molecule has 3 unspecified atom stereocenters. The summed E-state index contributed by atoms with van der Waals surface area (Å²) >= 11 is 0. The molecule has 0 radical (unpaired) electrons. The average molecular weight is 269 g/mol. The van der Waals surface area contributed by atoms with Crippen LogP contribution in [0.4, 0.5) is 0 Å². The van der Waals surface area contributed by atoms with E-state index in [1.165, 1.54) is 0 Å². The van der Waals surface area contributed by atoms with Crippen molar-refractivity contribution in [2.75, 3.05) is 40.3 Å². The van der Waals surface area contributed by atoms with E-state index in [0.29, 0.717) is 19.7 Å². The molecule has 0 aromatic rings. The van der Waals surface area contributed by atoms with Gasteiger partial charge in [-0.25, -0.2) is 0 Å². The van der Waals surface area contributed by atoms with E-state index in [-0.39, 0.29) is 29.9 Å². The van der Waals surface area contributed by atoms with Crippen LogP contribution in [0.15, 0.2) is 0 Å². The lowest BCUT2D eigenvalue weighted by atomic mass is 10.0. The number of carbonyl (C=O) groups is 2. The number of rotatable bonds is 2. The van der Waals surface area contributed by atoms with Gasteiger partial charge < -0.3 is 19.9 Å². The maximum Gasteiger partial charge on any atom is 0.246 e. The van der Waals surface area contributed by atoms with Gasteiger partial charge in [0.2, 0.25) is 11.8 Å². The predicted octanol–water partition coefficient (Wildman–Crippen LogP) is -0.700. The fourth-order valence-corrected chi connectivity index (χ4v) is 2.71. The van der Waals surface area contributed by atoms with Crippen LogP contribution in [0.1, 0.15) is 13.3 Å². The molecule has 0 aliphatic carbocycles. The second kappa shape index (κ2) is 5.88. The number of likely N-dealkylation sites (N-methyl/N-ethyl adjacent to an activating group) is 1. The minimum absolute atomic E-state index is 0.0208. The van der Waals surface area contributed by atoms with Gasteiger partial charge in [-0.3, -0.25) is 9.59 Å². The van der Waals surface area contributed by atoms with Crippen LogP contribution >= 0.6 is 0 Å². The predicted molar refractivity (Wildman–Crippen MR) is 70.6 cm³/mol. The van der Waals surface area contributed by atoms with Gasteiger partial charge in [-0.15, -0.1) is 0 Å². The Morgan fingerprint density at radius 1 is 1.37 bits per heavy atom. The normalized spacial score (nSPS) is 31.3. The molecule has 1 N–H and O–H groups in total. The molecule has 2 heterocycles. The lowest BCUT2D eigenvalue weighted by Crippen LogP contribution is -2.60. The Bertz CT molecular complexity index is 359. The maximum atomic E-state index is 12.5. The molecule has 0 spiro atoms. The zero-order valence-corrected chi connectivity index (χ0v) is 11.9. The maximum absolute atomic E-state index is 12.5. The van der Waals surface area contributed by atoms with Gasteiger partial charge in [0.05, 0.1) is 18.6 Å². The van der Waals surface area contributed by atoms with E-state index >= 15 is 0 Å². The van der Waals surface area contributed by atoms with Crippen LogP contribution in [-0.2, 0) is 14.3 Å². The van der Waals surface area contributed by atoms with Crippen LogP contribution in [0.3, 0.4) is 0 Å². The van der Waals surface area contributed by atoms with Gasteiger partial charge in [0, 0.05) is 33.7 Å². The van der Waals surface area contributed by atoms with Crippen molar-refractivity contribution < 1.29 is 14.3 Å². The highest BCUT2D eigenvalue weighted by Gasteiger charge is 2.38. The Kier molecular flexibility index (Phi) is 4.42. The summed E-state index contributed by atoms with van der Waals surface area (Å²) in [6.45, 7) is 4.33. The van der Waals surface area contributed by atoms with Crippen molar-refractivity contribution in [3.8, 4) is 0 Å². The SMILES string of the molecule is CC1CC(C(=O)N2CCNCC2C(=O)N(C)C)CO1. The smallest absolute Gasteiger partial charge is 0.246 e. The molecule has 19 heavy (non-hydrogen) atoms. The first-order valence-electron chi connectivity index (χ1n) is 6.84. The van der Waals surface area contributed by atoms with E-state index in [1.807, 2.05) is 6.92 Å². The molecule has 2 aliphatic heterocycles. The second-order valence-corrected chi connectivity index (χ2v) is 5.56. The van der Waals surface area contributed by atoms with Crippen molar-refractivity contribution in [2.24, 2.45) is 5.92 Å². The quantitative estimate of drug-likeness (QED) is 0.720. The molecule has 6 nitrogen and oxygen atoms in total. The van der Waals surface area contributed by atoms with Crippen molar-refractivity contribution in [1.82, 2.24) is 15.1 Å². The third-order valence-electron chi connectivity index (χ3n) is 3.80. The van der Waals surface area contributed by atoms with Crippen LogP contribution in [0.2, 0.25) is 0 Å². The van der Waals surface area contributed by atoms with Crippen molar-refractivity contribution in [1.29, 1.82) is 0 Å². The summed E-state index contributed by atoms with van der Waals surface area (Å²) in [5.74, 6) is -0.0517. The highest BCUT2D eigenvalue weighted by molar-refractivity contribution is 5.89. The molecule has 0 aromatic heterocycles. The summed E-state index contributed by atoms with van der Waals surface area (Å²) in [5, 5.41) is 3.18. The zero-order valence-electron chi connectivity index (χ0n) is 11.9. The molecule has 2 fully saturated rings. The van der Waals surface area contributed by atoms with E-state index in [0.717, 1.165) is 13.0 Å². The number of piperazine rings is 1. The monoisotopic (exact) mass is 269 g/mol. The molecule has 2 saturated heterocycles. The van der Waals surface area contributed by atoms with Gasteiger partial charge in [-0.2, -0.15) is 0 Å². The van der Waals surface area contributed by atoms with E-state index in [1.54, 1.807) is 23.9 Å². The van der Waals surface area contributed by atoms with Gasteiger partial charge in [0.15, 0.2) is 0 Å². The number of hydrogen-bond acceptors (Lipinski definition) is 4. The lowest BCUT2D eigenvalue weighted by Gasteiger charge is -2.37. The van der Waals surface area contributed by atoms with Crippen LogP contribution in [-0.4, -0.2) is 74.1 Å². The van der Waals surface area contributed by atoms with Gasteiger partial charge in [-0.05, 0) is 13.3 Å². The summed E-state index contributed by atoms with van der Waals surface area (Å²) in [5.41, 5.74) is 0. The molecular weight excluding hydrogens is 246 g/mol. The molecule has 108 valence electrons. The molecule has 2 aliphatic rings. The Balaban J connectivity index is 2.06. The zero-order chi connectivity index (χ0) is 14.0. The minimum atomic E-state index is -0.382. The molecule has 3 atom stereocenters. The van der Waals surface area contributed by atoms with Gasteiger partial charge in [-0.1, -0.05) is 0 Å². The Labute approximate surface area is 114 Å². The number of amides is 2. The first-order chi connectivity index (χ1) is 9.00. The molecule has 6 heteroatoms. The van der Waals surface area contributed by atoms with Crippen molar-refractivity contribution in [2.45, 2.75) is 25.5 Å². The lowest BCUT2D eigenvalue weighted by molar-refractivity contribution is -0.148. The molecular formula is C13H23N3O3. The first-order valence-corrected chi connectivity index (χ1v) is 6.84. The molecule has 0 saturated carbocycles. The number of nitrogens with one attached hydrogen (secondary N) is 1. The summed E-state index contributed by atoms with van der Waals surface area (Å²) < 4.78 is 5.46. The summed E-state index contributed by atoms with van der Waals surface area (Å²) in [6.07, 6.45) is 0.894. The number of nitrogens with zero attached hydrogens (tertiary/aromatic N) is 2. The number of ether oxygens (including phenoxy) is 1. The Hall–Kier alpha value is -1.14. The van der Waals surface area contributed by atoms with E-state index in [4.69, 9.17) is 4.74 Å². The summed E-state index contributed by atoms with van der Waals surface area (Å²) in [6, 6.07) is -0.382. The molecule has 2 amide bonds. The standard InChI is InChI=1S/C13H23N3O3/c1-9-6-10(8-19-9)12(17)16-5-4-14-7-11(16)13(18)15(2)3/h9-11,14H,4-8H2,1-3H3. The van der Waals surface area contributed by atoms with Crippen molar-refractivity contribution in [3.05, 3.63) is 0 Å². The third kappa shape index (κ3) is 3.06. The van der Waals surface area contributed by atoms with Gasteiger partial charge in [0.25, 0.3) is 0 Å². The van der Waals surface area contributed by atoms with Gasteiger partial charge in [0.1, 0.15) is 6.04 Å². The molecule has 0 bridgehead atoms. The highest BCUT2D eigenvalue weighted by Crippen LogP contribution is 2.23. The molecule has 0 aromatic carbocycles. The third-order valence-corrected chi connectivity index (χ3v) is 3.80. The van der Waals surface area contributed by atoms with Crippen LogP contribution in [0.25, 0.3) is 0 Å². The van der Waals surface area contributed by atoms with Gasteiger partial charge >= 0.3 is 0 Å². The summed E-state index contributed by atoms with van der Waals surface area (Å²) in [7, 11) is 3.45. The van der Waals surface area contributed by atoms with Crippen LogP contribution in [0.5, 0.6) is 0 Å². The number of hydrogen-bond donors (Lipinski definition) is 1. The highest BCUT2D eigenvalue weighted by atomic mass is 16.5. The largest absolute Gasteiger partial charge is 0.378 e. The average Bonchev–Trinajstić information content (AvgIpc) is 2.83. The second-order valence-electron chi connectivity index (χ2n) is 5.56. The van der Waals surface area contributed by atoms with Crippen LogP contribution < -0.4 is 5.32 Å². The fourth-order valence-electron chi connectivity index (χ4n) is 2.71. The van der Waals surface area contributed by atoms with E-state index < -0.39 is 0 Å². The summed E-state index contributed by atoms with van der Waals surface area (Å²) in [4.78, 5) is 28.0. The van der Waals surface area contributed by atoms with E-state index in [2.05, 4.69) is 5.32 Å². The van der Waals surface area contributed by atoms with Crippen molar-refractivity contribution in [3.63, 3.8) is 0 Å². The Morgan fingerprint density at radius 2 is 2.11 bits per heavy atom. The fraction of sp³-hybridized carbons (Fsp3) is 0.846.